The quantitative estimate of drug-likeness (QED) is 0.505. The van der Waals surface area contributed by atoms with Crippen molar-refractivity contribution < 1.29 is 24.4 Å². The number of carbonyl (C=O) groups excluding carboxylic acids is 2. The molecular weight excluding hydrogens is 428 g/mol. The number of piperazine rings is 1. The van der Waals surface area contributed by atoms with Crippen molar-refractivity contribution in [2.24, 2.45) is 0 Å². The molecular formula is C20H27ClN4O6. The number of carboxylic acid groups (broad SMARTS) is 1. The van der Waals surface area contributed by atoms with Gasteiger partial charge in [0.25, 0.3) is 5.69 Å². The molecule has 2 heterocycles. The fraction of sp³-hybridized carbons (Fsp3) is 0.550. The van der Waals surface area contributed by atoms with Crippen molar-refractivity contribution in [3.63, 3.8) is 0 Å². The Bertz CT molecular complexity index is 845. The highest BCUT2D eigenvalue weighted by Crippen LogP contribution is 2.24. The van der Waals surface area contributed by atoms with E-state index in [2.05, 4.69) is 4.90 Å². The van der Waals surface area contributed by atoms with Gasteiger partial charge in [-0.2, -0.15) is 0 Å². The van der Waals surface area contributed by atoms with Crippen LogP contribution < -0.4 is 0 Å². The number of likely N-dealkylation sites (tertiary alicyclic amines) is 1. The van der Waals surface area contributed by atoms with Crippen LogP contribution in [0.2, 0.25) is 0 Å². The molecule has 2 fully saturated rings. The molecule has 0 spiro atoms. The van der Waals surface area contributed by atoms with Gasteiger partial charge in [-0.1, -0.05) is 18.2 Å². The van der Waals surface area contributed by atoms with Crippen molar-refractivity contribution in [3.8, 4) is 0 Å². The predicted octanol–water partition coefficient (Wildman–Crippen LogP) is 1.17. The second-order valence-corrected chi connectivity index (χ2v) is 7.72. The van der Waals surface area contributed by atoms with Crippen LogP contribution in [0.15, 0.2) is 24.3 Å². The fourth-order valence-corrected chi connectivity index (χ4v) is 4.40. The first kappa shape index (κ1) is 24.5. The summed E-state index contributed by atoms with van der Waals surface area (Å²) in [6.07, 6.45) is 1.77. The van der Waals surface area contributed by atoms with Crippen LogP contribution in [0.5, 0.6) is 0 Å². The highest BCUT2D eigenvalue weighted by atomic mass is 35.5. The third-order valence-corrected chi connectivity index (χ3v) is 5.83. The van der Waals surface area contributed by atoms with E-state index in [0.29, 0.717) is 6.54 Å². The minimum absolute atomic E-state index is 0. The van der Waals surface area contributed by atoms with E-state index in [1.807, 2.05) is 0 Å². The lowest BCUT2D eigenvalue weighted by atomic mass is 9.98. The van der Waals surface area contributed by atoms with E-state index in [4.69, 9.17) is 0 Å². The number of nitrogens with zero attached hydrogens (tertiary/aromatic N) is 4. The molecule has 31 heavy (non-hydrogen) atoms. The second-order valence-electron chi connectivity index (χ2n) is 7.72. The summed E-state index contributed by atoms with van der Waals surface area (Å²) in [6.45, 7) is 3.76. The fourth-order valence-electron chi connectivity index (χ4n) is 4.40. The Morgan fingerprint density at radius 2 is 1.71 bits per heavy atom. The zero-order valence-electron chi connectivity index (χ0n) is 17.3. The molecule has 0 saturated carbocycles. The van der Waals surface area contributed by atoms with Gasteiger partial charge in [-0.15, -0.1) is 12.4 Å². The molecule has 0 bridgehead atoms. The van der Waals surface area contributed by atoms with E-state index in [-0.39, 0.29) is 49.1 Å². The van der Waals surface area contributed by atoms with Crippen molar-refractivity contribution in [1.29, 1.82) is 0 Å². The molecule has 0 radical (unpaired) electrons. The summed E-state index contributed by atoms with van der Waals surface area (Å²) in [7, 11) is 0. The minimum Gasteiger partial charge on any atom is -0.480 e. The highest BCUT2D eigenvalue weighted by Gasteiger charge is 2.45. The number of benzene rings is 1. The molecule has 2 atom stereocenters. The van der Waals surface area contributed by atoms with Gasteiger partial charge < -0.3 is 19.8 Å². The molecule has 2 amide bonds. The summed E-state index contributed by atoms with van der Waals surface area (Å²) in [5, 5.41) is 21.2. The van der Waals surface area contributed by atoms with Crippen LogP contribution in [-0.2, 0) is 20.8 Å². The normalized spacial score (nSPS) is 21.5. The summed E-state index contributed by atoms with van der Waals surface area (Å²) in [4.78, 5) is 53.0. The largest absolute Gasteiger partial charge is 0.480 e. The lowest BCUT2D eigenvalue weighted by molar-refractivity contribution is -0.385. The molecule has 0 aromatic heterocycles. The summed E-state index contributed by atoms with van der Waals surface area (Å²) in [5.74, 6) is -1.90. The van der Waals surface area contributed by atoms with Gasteiger partial charge in [-0.25, -0.2) is 4.79 Å². The van der Waals surface area contributed by atoms with Crippen LogP contribution in [0.1, 0.15) is 25.3 Å². The lowest BCUT2D eigenvalue weighted by Gasteiger charge is -2.46. The Kier molecular flexibility index (Phi) is 8.35. The van der Waals surface area contributed by atoms with Crippen LogP contribution >= 0.6 is 12.4 Å². The Balaban J connectivity index is 0.00000341. The minimum atomic E-state index is -1.20. The topological polar surface area (TPSA) is 124 Å². The molecule has 2 aliphatic rings. The molecule has 11 heteroatoms. The van der Waals surface area contributed by atoms with Crippen LogP contribution in [0.3, 0.4) is 0 Å². The monoisotopic (exact) mass is 454 g/mol. The SMILES string of the molecule is CC(=O)N1CCN(C(=O)Cc2ccccc2[N+](=O)[O-])[C@@H](C(=O)O)[C@@H]1CN1CCCC1.Cl. The maximum Gasteiger partial charge on any atom is 0.328 e. The van der Waals surface area contributed by atoms with Gasteiger partial charge >= 0.3 is 5.97 Å². The Morgan fingerprint density at radius 3 is 2.29 bits per heavy atom. The number of carbonyl (C=O) groups is 3. The van der Waals surface area contributed by atoms with Gasteiger partial charge in [-0.05, 0) is 25.9 Å². The number of aliphatic carboxylic acids is 1. The van der Waals surface area contributed by atoms with Crippen molar-refractivity contribution in [2.45, 2.75) is 38.3 Å². The summed E-state index contributed by atoms with van der Waals surface area (Å²) in [6, 6.07) is 4.08. The number of nitro benzene ring substituents is 1. The standard InChI is InChI=1S/C20H26N4O6.ClH/c1-14(25)22-10-11-23(18(26)12-15-6-2-3-7-16(15)24(29)30)19(20(27)28)17(22)13-21-8-4-5-9-21;/h2-3,6-7,17,19H,4-5,8-13H2,1H3,(H,27,28);1H/t17-,19+;/m0./s1. The van der Waals surface area contributed by atoms with Crippen molar-refractivity contribution in [2.75, 3.05) is 32.7 Å². The molecule has 1 aromatic carbocycles. The van der Waals surface area contributed by atoms with E-state index in [9.17, 15) is 29.6 Å². The molecule has 0 aliphatic carbocycles. The Morgan fingerprint density at radius 1 is 1.10 bits per heavy atom. The van der Waals surface area contributed by atoms with Gasteiger partial charge in [0.1, 0.15) is 0 Å². The molecule has 170 valence electrons. The number of amides is 2. The van der Waals surface area contributed by atoms with Gasteiger partial charge in [0.05, 0.1) is 17.4 Å². The molecule has 0 unspecified atom stereocenters. The summed E-state index contributed by atoms with van der Waals surface area (Å²) >= 11 is 0. The number of rotatable bonds is 6. The number of nitro groups is 1. The van der Waals surface area contributed by atoms with Gasteiger partial charge in [0, 0.05) is 38.2 Å². The summed E-state index contributed by atoms with van der Waals surface area (Å²) in [5.41, 5.74) is 0.0652. The molecule has 3 rings (SSSR count). The average Bonchev–Trinajstić information content (AvgIpc) is 3.20. The molecule has 1 N–H and O–H groups in total. The number of carboxylic acids is 1. The number of hydrogen-bond donors (Lipinski definition) is 1. The zero-order chi connectivity index (χ0) is 21.8. The first-order valence-corrected chi connectivity index (χ1v) is 10.0. The van der Waals surface area contributed by atoms with E-state index >= 15 is 0 Å². The van der Waals surface area contributed by atoms with Gasteiger partial charge in [0.2, 0.25) is 11.8 Å². The van der Waals surface area contributed by atoms with Crippen LogP contribution in [0.25, 0.3) is 0 Å². The predicted molar refractivity (Wildman–Crippen MR) is 114 cm³/mol. The first-order chi connectivity index (χ1) is 14.3. The second kappa shape index (κ2) is 10.5. The smallest absolute Gasteiger partial charge is 0.328 e. The third-order valence-electron chi connectivity index (χ3n) is 5.83. The van der Waals surface area contributed by atoms with E-state index in [1.165, 1.54) is 34.9 Å². The van der Waals surface area contributed by atoms with Crippen molar-refractivity contribution >= 4 is 35.9 Å². The van der Waals surface area contributed by atoms with Crippen LogP contribution in [0.4, 0.5) is 5.69 Å². The number of halogens is 1. The first-order valence-electron chi connectivity index (χ1n) is 10.0. The third kappa shape index (κ3) is 5.50. The molecule has 10 nitrogen and oxygen atoms in total. The molecule has 2 saturated heterocycles. The van der Waals surface area contributed by atoms with Gasteiger partial charge in [-0.3, -0.25) is 19.7 Å². The Hall–Kier alpha value is -2.72. The zero-order valence-corrected chi connectivity index (χ0v) is 18.1. The van der Waals surface area contributed by atoms with Crippen molar-refractivity contribution in [1.82, 2.24) is 14.7 Å². The molecule has 1 aromatic rings. The Labute approximate surface area is 186 Å². The lowest BCUT2D eigenvalue weighted by Crippen LogP contribution is -2.67. The number of hydrogen-bond acceptors (Lipinski definition) is 6. The summed E-state index contributed by atoms with van der Waals surface area (Å²) < 4.78 is 0. The van der Waals surface area contributed by atoms with E-state index in [1.54, 1.807) is 6.07 Å². The maximum absolute atomic E-state index is 13.0. The van der Waals surface area contributed by atoms with Crippen LogP contribution in [0, 0.1) is 10.1 Å². The van der Waals surface area contributed by atoms with E-state index in [0.717, 1.165) is 25.9 Å². The number of para-hydroxylation sites is 1. The van der Waals surface area contributed by atoms with Crippen molar-refractivity contribution in [3.05, 3.63) is 39.9 Å². The average molecular weight is 455 g/mol. The van der Waals surface area contributed by atoms with E-state index < -0.39 is 28.9 Å². The highest BCUT2D eigenvalue weighted by molar-refractivity contribution is 5.87. The molecule has 2 aliphatic heterocycles. The van der Waals surface area contributed by atoms with Crippen LogP contribution in [-0.4, -0.2) is 87.3 Å². The van der Waals surface area contributed by atoms with Gasteiger partial charge in [0.15, 0.2) is 6.04 Å². The maximum atomic E-state index is 13.0.